The molecule has 33 heavy (non-hydrogen) atoms. The number of fused-ring (bicyclic) bond motifs is 1. The van der Waals surface area contributed by atoms with E-state index in [1.165, 1.54) is 11.1 Å². The van der Waals surface area contributed by atoms with Crippen LogP contribution in [0.4, 0.5) is 5.69 Å². The SMILES string of the molecule is O=C(Nc1cccc2ccccc12)c1ccc(CN2CCN(Cc3ccccc3)CC2)cc1. The molecule has 0 atom stereocenters. The van der Waals surface area contributed by atoms with E-state index in [0.717, 1.165) is 55.7 Å². The van der Waals surface area contributed by atoms with E-state index >= 15 is 0 Å². The van der Waals surface area contributed by atoms with Crippen molar-refractivity contribution in [1.29, 1.82) is 0 Å². The normalized spacial score (nSPS) is 14.9. The Morgan fingerprint density at radius 1 is 0.636 bits per heavy atom. The Balaban J connectivity index is 1.15. The third-order valence-corrected chi connectivity index (χ3v) is 6.37. The Bertz CT molecular complexity index is 1210. The Morgan fingerprint density at radius 3 is 1.91 bits per heavy atom. The summed E-state index contributed by atoms with van der Waals surface area (Å²) in [7, 11) is 0. The fraction of sp³-hybridized carbons (Fsp3) is 0.207. The van der Waals surface area contributed by atoms with Crippen molar-refractivity contribution in [3.05, 3.63) is 114 Å². The number of carbonyl (C=O) groups excluding carboxylic acids is 1. The highest BCUT2D eigenvalue weighted by Crippen LogP contribution is 2.23. The van der Waals surface area contributed by atoms with Crippen LogP contribution >= 0.6 is 0 Å². The first-order valence-electron chi connectivity index (χ1n) is 11.6. The molecule has 166 valence electrons. The number of piperazine rings is 1. The summed E-state index contributed by atoms with van der Waals surface area (Å²) in [4.78, 5) is 17.8. The fourth-order valence-corrected chi connectivity index (χ4v) is 4.50. The number of nitrogens with zero attached hydrogens (tertiary/aromatic N) is 2. The van der Waals surface area contributed by atoms with Crippen molar-refractivity contribution in [3.8, 4) is 0 Å². The highest BCUT2D eigenvalue weighted by molar-refractivity contribution is 6.09. The fourth-order valence-electron chi connectivity index (χ4n) is 4.50. The largest absolute Gasteiger partial charge is 0.321 e. The van der Waals surface area contributed by atoms with Gasteiger partial charge in [0.25, 0.3) is 5.91 Å². The van der Waals surface area contributed by atoms with Crippen molar-refractivity contribution >= 4 is 22.4 Å². The molecule has 4 nitrogen and oxygen atoms in total. The zero-order valence-electron chi connectivity index (χ0n) is 18.8. The van der Waals surface area contributed by atoms with Crippen LogP contribution in [0.2, 0.25) is 0 Å². The van der Waals surface area contributed by atoms with Crippen LogP contribution in [0.1, 0.15) is 21.5 Å². The number of carbonyl (C=O) groups is 1. The lowest BCUT2D eigenvalue weighted by Gasteiger charge is -2.34. The van der Waals surface area contributed by atoms with Crippen molar-refractivity contribution in [2.45, 2.75) is 13.1 Å². The topological polar surface area (TPSA) is 35.6 Å². The predicted molar refractivity (Wildman–Crippen MR) is 135 cm³/mol. The maximum Gasteiger partial charge on any atom is 0.255 e. The second-order valence-electron chi connectivity index (χ2n) is 8.72. The summed E-state index contributed by atoms with van der Waals surface area (Å²) in [5.41, 5.74) is 4.14. The summed E-state index contributed by atoms with van der Waals surface area (Å²) >= 11 is 0. The van der Waals surface area contributed by atoms with Gasteiger partial charge in [-0.3, -0.25) is 14.6 Å². The molecule has 1 fully saturated rings. The molecule has 0 saturated carbocycles. The van der Waals surface area contributed by atoms with Crippen molar-refractivity contribution < 1.29 is 4.79 Å². The predicted octanol–water partition coefficient (Wildman–Crippen LogP) is 5.41. The molecule has 0 aliphatic carbocycles. The second kappa shape index (κ2) is 9.99. The van der Waals surface area contributed by atoms with Crippen molar-refractivity contribution in [2.75, 3.05) is 31.5 Å². The molecular formula is C29H29N3O. The van der Waals surface area contributed by atoms with Gasteiger partial charge in [0.1, 0.15) is 0 Å². The van der Waals surface area contributed by atoms with Gasteiger partial charge in [0.15, 0.2) is 0 Å². The molecule has 1 heterocycles. The maximum absolute atomic E-state index is 12.8. The van der Waals surface area contributed by atoms with Crippen LogP contribution in [0.15, 0.2) is 97.1 Å². The molecule has 4 heteroatoms. The first-order valence-corrected chi connectivity index (χ1v) is 11.6. The van der Waals surface area contributed by atoms with Gasteiger partial charge in [0, 0.05) is 55.9 Å². The monoisotopic (exact) mass is 435 g/mol. The molecule has 4 aromatic rings. The number of nitrogens with one attached hydrogen (secondary N) is 1. The van der Waals surface area contributed by atoms with Crippen molar-refractivity contribution in [3.63, 3.8) is 0 Å². The van der Waals surface area contributed by atoms with Crippen LogP contribution in [0.25, 0.3) is 10.8 Å². The summed E-state index contributed by atoms with van der Waals surface area (Å²) in [6.45, 7) is 6.24. The molecule has 0 aromatic heterocycles. The van der Waals surface area contributed by atoms with Gasteiger partial charge >= 0.3 is 0 Å². The van der Waals surface area contributed by atoms with Crippen molar-refractivity contribution in [2.24, 2.45) is 0 Å². The van der Waals surface area contributed by atoms with Crippen LogP contribution < -0.4 is 5.32 Å². The summed E-state index contributed by atoms with van der Waals surface area (Å²) in [6.07, 6.45) is 0. The summed E-state index contributed by atoms with van der Waals surface area (Å²) < 4.78 is 0. The van der Waals surface area contributed by atoms with Crippen LogP contribution in [0.5, 0.6) is 0 Å². The minimum atomic E-state index is -0.0765. The molecular weight excluding hydrogens is 406 g/mol. The standard InChI is InChI=1S/C29H29N3O/c33-29(30-28-12-6-10-25-9-4-5-11-27(25)28)26-15-13-24(14-16-26)22-32-19-17-31(18-20-32)21-23-7-2-1-3-8-23/h1-16H,17-22H2,(H,30,33). The van der Waals surface area contributed by atoms with E-state index < -0.39 is 0 Å². The molecule has 0 unspecified atom stereocenters. The zero-order chi connectivity index (χ0) is 22.5. The number of amides is 1. The minimum Gasteiger partial charge on any atom is -0.321 e. The molecule has 1 aliphatic heterocycles. The lowest BCUT2D eigenvalue weighted by atomic mass is 10.1. The van der Waals surface area contributed by atoms with Crippen LogP contribution in [-0.2, 0) is 13.1 Å². The van der Waals surface area contributed by atoms with Crippen molar-refractivity contribution in [1.82, 2.24) is 9.80 Å². The molecule has 1 amide bonds. The highest BCUT2D eigenvalue weighted by Gasteiger charge is 2.17. The molecule has 0 spiro atoms. The average molecular weight is 436 g/mol. The molecule has 5 rings (SSSR count). The number of benzene rings is 4. The van der Waals surface area contributed by atoms with E-state index in [1.807, 2.05) is 42.5 Å². The quantitative estimate of drug-likeness (QED) is 0.440. The first kappa shape index (κ1) is 21.4. The van der Waals surface area contributed by atoms with Gasteiger partial charge in [0.2, 0.25) is 0 Å². The third-order valence-electron chi connectivity index (χ3n) is 6.37. The van der Waals surface area contributed by atoms with E-state index in [2.05, 4.69) is 69.7 Å². The zero-order valence-corrected chi connectivity index (χ0v) is 18.8. The van der Waals surface area contributed by atoms with Gasteiger partial charge in [-0.15, -0.1) is 0 Å². The molecule has 1 saturated heterocycles. The van der Waals surface area contributed by atoms with Gasteiger partial charge in [0.05, 0.1) is 0 Å². The van der Waals surface area contributed by atoms with Gasteiger partial charge in [-0.2, -0.15) is 0 Å². The summed E-state index contributed by atoms with van der Waals surface area (Å²) in [6, 6.07) is 32.8. The maximum atomic E-state index is 12.8. The molecule has 1 aliphatic rings. The van der Waals surface area contributed by atoms with Crippen LogP contribution in [-0.4, -0.2) is 41.9 Å². The summed E-state index contributed by atoms with van der Waals surface area (Å²) in [5.74, 6) is -0.0765. The van der Waals surface area contributed by atoms with Crippen LogP contribution in [0.3, 0.4) is 0 Å². The van der Waals surface area contributed by atoms with Crippen LogP contribution in [0, 0.1) is 0 Å². The second-order valence-corrected chi connectivity index (χ2v) is 8.72. The summed E-state index contributed by atoms with van der Waals surface area (Å²) in [5, 5.41) is 5.24. The lowest BCUT2D eigenvalue weighted by molar-refractivity contribution is 0.102. The number of hydrogen-bond acceptors (Lipinski definition) is 3. The Hall–Kier alpha value is -3.47. The Morgan fingerprint density at radius 2 is 1.21 bits per heavy atom. The van der Waals surface area contributed by atoms with E-state index in [4.69, 9.17) is 0 Å². The molecule has 0 radical (unpaired) electrons. The van der Waals surface area contributed by atoms with Gasteiger partial charge in [-0.25, -0.2) is 0 Å². The number of anilines is 1. The number of rotatable bonds is 6. The molecule has 1 N–H and O–H groups in total. The average Bonchev–Trinajstić information content (AvgIpc) is 2.86. The van der Waals surface area contributed by atoms with Gasteiger partial charge in [-0.05, 0) is 34.7 Å². The van der Waals surface area contributed by atoms with E-state index in [-0.39, 0.29) is 5.91 Å². The van der Waals surface area contributed by atoms with E-state index in [0.29, 0.717) is 5.56 Å². The lowest BCUT2D eigenvalue weighted by Crippen LogP contribution is -2.45. The molecule has 4 aromatic carbocycles. The number of hydrogen-bond donors (Lipinski definition) is 1. The first-order chi connectivity index (χ1) is 16.2. The van der Waals surface area contributed by atoms with Gasteiger partial charge in [-0.1, -0.05) is 78.9 Å². The Kier molecular flexibility index (Phi) is 6.47. The minimum absolute atomic E-state index is 0.0765. The smallest absolute Gasteiger partial charge is 0.255 e. The highest BCUT2D eigenvalue weighted by atomic mass is 16.1. The molecule has 0 bridgehead atoms. The van der Waals surface area contributed by atoms with Gasteiger partial charge < -0.3 is 5.32 Å². The van der Waals surface area contributed by atoms with E-state index in [9.17, 15) is 4.79 Å². The van der Waals surface area contributed by atoms with E-state index in [1.54, 1.807) is 0 Å². The third kappa shape index (κ3) is 5.30. The Labute approximate surface area is 195 Å².